The molecule has 1 aliphatic heterocycles. The van der Waals surface area contributed by atoms with Crippen molar-refractivity contribution in [3.05, 3.63) is 41.3 Å². The molecule has 1 aromatic rings. The summed E-state index contributed by atoms with van der Waals surface area (Å²) < 4.78 is 0. The first-order chi connectivity index (χ1) is 7.60. The quantitative estimate of drug-likeness (QED) is 0.610. The van der Waals surface area contributed by atoms with Crippen LogP contribution in [-0.4, -0.2) is 36.0 Å². The fourth-order valence-electron chi connectivity index (χ4n) is 1.80. The van der Waals surface area contributed by atoms with Gasteiger partial charge >= 0.3 is 29.6 Å². The van der Waals surface area contributed by atoms with E-state index in [1.54, 1.807) is 5.01 Å². The maximum absolute atomic E-state index is 10.5. The van der Waals surface area contributed by atoms with Gasteiger partial charge in [-0.05, 0) is 19.5 Å². The third-order valence-corrected chi connectivity index (χ3v) is 2.56. The minimum absolute atomic E-state index is 0. The topological polar surface area (TPSA) is 49.9 Å². The van der Waals surface area contributed by atoms with Crippen molar-refractivity contribution < 1.29 is 34.7 Å². The molecule has 17 heavy (non-hydrogen) atoms. The Kier molecular flexibility index (Phi) is 5.31. The molecular formula is C12H16N3NaO. The molecule has 1 aliphatic rings. The molecule has 0 aromatic heterocycles. The first-order valence-corrected chi connectivity index (χ1v) is 5.36. The molecule has 1 heterocycles. The van der Waals surface area contributed by atoms with Crippen LogP contribution < -0.4 is 29.6 Å². The fraction of sp³-hybridized carbons (Fsp3) is 0.417. The van der Waals surface area contributed by atoms with Crippen LogP contribution in [0, 0.1) is 0 Å². The Balaban J connectivity index is 0.00000144. The summed E-state index contributed by atoms with van der Waals surface area (Å²) in [6, 6.07) is 9.51. The largest absolute Gasteiger partial charge is 1.00 e. The van der Waals surface area contributed by atoms with Crippen LogP contribution in [0.15, 0.2) is 35.3 Å². The van der Waals surface area contributed by atoms with Gasteiger partial charge in [0.1, 0.15) is 0 Å². The van der Waals surface area contributed by atoms with Gasteiger partial charge in [-0.3, -0.25) is 4.99 Å². The molecular weight excluding hydrogens is 225 g/mol. The molecule has 0 fully saturated rings. The molecule has 0 saturated heterocycles. The minimum atomic E-state index is -1.33. The van der Waals surface area contributed by atoms with Crippen molar-refractivity contribution in [2.45, 2.75) is 18.7 Å². The maximum Gasteiger partial charge on any atom is 1.00 e. The Morgan fingerprint density at radius 3 is 2.71 bits per heavy atom. The molecule has 1 N–H and O–H groups in total. The van der Waals surface area contributed by atoms with E-state index in [0.717, 1.165) is 5.56 Å². The van der Waals surface area contributed by atoms with Crippen LogP contribution in [0.1, 0.15) is 12.5 Å². The van der Waals surface area contributed by atoms with Crippen LogP contribution in [0.2, 0.25) is 0 Å². The summed E-state index contributed by atoms with van der Waals surface area (Å²) in [7, 11) is 1.85. The van der Waals surface area contributed by atoms with Gasteiger partial charge in [0, 0.05) is 18.5 Å². The van der Waals surface area contributed by atoms with E-state index < -0.39 is 5.72 Å². The average molecular weight is 241 g/mol. The standard InChI is InChI=1S/C12H16N3O.Na/c1-10-8-15(2)14-12(16,9-13-10)11-6-4-3-5-7-11;/h3-7,9-10,16H,8H2,1-2H3;/q-1;+1. The van der Waals surface area contributed by atoms with Crippen LogP contribution >= 0.6 is 0 Å². The number of aliphatic hydroxyl groups is 1. The number of hydrogen-bond donors (Lipinski definition) is 1. The van der Waals surface area contributed by atoms with Crippen molar-refractivity contribution in [1.29, 1.82) is 0 Å². The molecule has 86 valence electrons. The smallest absolute Gasteiger partial charge is 0.558 e. The molecule has 0 spiro atoms. The number of benzene rings is 1. The van der Waals surface area contributed by atoms with E-state index in [1.807, 2.05) is 44.3 Å². The summed E-state index contributed by atoms with van der Waals surface area (Å²) >= 11 is 0. The molecule has 5 heteroatoms. The summed E-state index contributed by atoms with van der Waals surface area (Å²) in [4.78, 5) is 4.29. The first kappa shape index (κ1) is 14.8. The van der Waals surface area contributed by atoms with Gasteiger partial charge in [0.2, 0.25) is 0 Å². The van der Waals surface area contributed by atoms with E-state index in [0.29, 0.717) is 6.54 Å². The van der Waals surface area contributed by atoms with Gasteiger partial charge in [0.05, 0.1) is 6.04 Å². The van der Waals surface area contributed by atoms with Crippen LogP contribution in [0.4, 0.5) is 0 Å². The van der Waals surface area contributed by atoms with Crippen molar-refractivity contribution in [2.24, 2.45) is 4.99 Å². The third kappa shape index (κ3) is 3.61. The summed E-state index contributed by atoms with van der Waals surface area (Å²) in [5, 5.41) is 12.2. The predicted octanol–water partition coefficient (Wildman–Crippen LogP) is -1.47. The zero-order valence-corrected chi connectivity index (χ0v) is 12.5. The maximum atomic E-state index is 10.5. The minimum Gasteiger partial charge on any atom is -0.558 e. The Bertz CT molecular complexity index is 385. The Morgan fingerprint density at radius 2 is 2.06 bits per heavy atom. The number of likely N-dealkylation sites (N-methyl/N-ethyl adjacent to an activating group) is 1. The molecule has 0 saturated carbocycles. The zero-order chi connectivity index (χ0) is 11.6. The number of rotatable bonds is 1. The normalized spacial score (nSPS) is 29.5. The molecule has 2 rings (SSSR count). The monoisotopic (exact) mass is 241 g/mol. The second-order valence-corrected chi connectivity index (χ2v) is 4.16. The second-order valence-electron chi connectivity index (χ2n) is 4.16. The van der Waals surface area contributed by atoms with Crippen LogP contribution in [0.5, 0.6) is 0 Å². The molecule has 1 aromatic carbocycles. The van der Waals surface area contributed by atoms with Gasteiger partial charge in [-0.25, -0.2) is 0 Å². The van der Waals surface area contributed by atoms with Gasteiger partial charge in [-0.2, -0.15) is 0 Å². The molecule has 0 amide bonds. The van der Waals surface area contributed by atoms with Crippen LogP contribution in [0.3, 0.4) is 0 Å². The van der Waals surface area contributed by atoms with Crippen molar-refractivity contribution in [3.8, 4) is 0 Å². The summed E-state index contributed by atoms with van der Waals surface area (Å²) in [5.74, 6) is 0. The first-order valence-electron chi connectivity index (χ1n) is 5.36. The van der Waals surface area contributed by atoms with Gasteiger partial charge in [-0.1, -0.05) is 30.3 Å². The van der Waals surface area contributed by atoms with E-state index >= 15 is 0 Å². The summed E-state index contributed by atoms with van der Waals surface area (Å²) in [6.07, 6.45) is 1.52. The summed E-state index contributed by atoms with van der Waals surface area (Å²) in [6.45, 7) is 2.71. The second kappa shape index (κ2) is 6.09. The zero-order valence-electron chi connectivity index (χ0n) is 10.5. The van der Waals surface area contributed by atoms with E-state index in [9.17, 15) is 5.11 Å². The van der Waals surface area contributed by atoms with E-state index in [4.69, 9.17) is 0 Å². The SMILES string of the molecule is CC1CN(C)[N-]C(O)(c2ccccc2)C=N1.[Na+]. The number of aliphatic imine (C=N–C) groups is 1. The van der Waals surface area contributed by atoms with Crippen molar-refractivity contribution in [2.75, 3.05) is 13.6 Å². The van der Waals surface area contributed by atoms with Gasteiger partial charge in [0.15, 0.2) is 0 Å². The molecule has 4 nitrogen and oxygen atoms in total. The molecule has 2 unspecified atom stereocenters. The van der Waals surface area contributed by atoms with Crippen molar-refractivity contribution in [1.82, 2.24) is 5.01 Å². The molecule has 0 bridgehead atoms. The summed E-state index contributed by atoms with van der Waals surface area (Å²) in [5.41, 5.74) is 3.67. The van der Waals surface area contributed by atoms with Crippen LogP contribution in [0.25, 0.3) is 5.43 Å². The molecule has 0 radical (unpaired) electrons. The average Bonchev–Trinajstić information content (AvgIpc) is 2.40. The Morgan fingerprint density at radius 1 is 1.41 bits per heavy atom. The number of hydrogen-bond acceptors (Lipinski definition) is 3. The fourth-order valence-corrected chi connectivity index (χ4v) is 1.80. The van der Waals surface area contributed by atoms with Crippen molar-refractivity contribution >= 4 is 6.21 Å². The van der Waals surface area contributed by atoms with E-state index in [-0.39, 0.29) is 35.6 Å². The van der Waals surface area contributed by atoms with Crippen LogP contribution in [-0.2, 0) is 5.72 Å². The van der Waals surface area contributed by atoms with Crippen molar-refractivity contribution in [3.63, 3.8) is 0 Å². The van der Waals surface area contributed by atoms with Gasteiger partial charge in [-0.15, -0.1) is 0 Å². The van der Waals surface area contributed by atoms with E-state index in [1.165, 1.54) is 6.21 Å². The number of nitrogens with zero attached hydrogens (tertiary/aromatic N) is 3. The molecule has 0 aliphatic carbocycles. The van der Waals surface area contributed by atoms with Gasteiger partial charge in [0.25, 0.3) is 0 Å². The Hall–Kier alpha value is -0.230. The Labute approximate surface area is 124 Å². The van der Waals surface area contributed by atoms with Gasteiger partial charge < -0.3 is 15.5 Å². The third-order valence-electron chi connectivity index (χ3n) is 2.56. The van der Waals surface area contributed by atoms with E-state index in [2.05, 4.69) is 10.4 Å². The predicted molar refractivity (Wildman–Crippen MR) is 64.3 cm³/mol. The molecule has 2 atom stereocenters.